The number of oxazole rings is 1. The molecule has 1 aromatic heterocycles. The molecular formula is C32H35N3O5. The van der Waals surface area contributed by atoms with Crippen molar-refractivity contribution in [3.05, 3.63) is 84.4 Å². The maximum absolute atomic E-state index is 13.7. The van der Waals surface area contributed by atoms with Crippen LogP contribution in [0.4, 0.5) is 11.7 Å². The minimum Gasteiger partial charge on any atom is -0.492 e. The molecule has 0 bridgehead atoms. The Kier molecular flexibility index (Phi) is 8.64. The third kappa shape index (κ3) is 6.28. The second-order valence-electron chi connectivity index (χ2n) is 10.1. The molecule has 8 nitrogen and oxygen atoms in total. The molecule has 8 heteroatoms. The lowest BCUT2D eigenvalue weighted by Crippen LogP contribution is -2.49. The second-order valence-corrected chi connectivity index (χ2v) is 10.1. The van der Waals surface area contributed by atoms with Gasteiger partial charge in [0, 0.05) is 25.1 Å². The number of carbonyl (C=O) groups is 2. The average Bonchev–Trinajstić information content (AvgIpc) is 3.68. The average molecular weight is 542 g/mol. The number of nitrogens with zero attached hydrogens (tertiary/aromatic N) is 3. The van der Waals surface area contributed by atoms with Crippen molar-refractivity contribution in [1.82, 2.24) is 4.98 Å². The largest absolute Gasteiger partial charge is 0.492 e. The molecule has 4 aromatic rings. The maximum Gasteiger partial charge on any atom is 0.329 e. The lowest BCUT2D eigenvalue weighted by Gasteiger charge is -2.32. The molecular weight excluding hydrogens is 506 g/mol. The maximum atomic E-state index is 13.7. The van der Waals surface area contributed by atoms with E-state index in [4.69, 9.17) is 13.9 Å². The predicted molar refractivity (Wildman–Crippen MR) is 155 cm³/mol. The summed E-state index contributed by atoms with van der Waals surface area (Å²) in [5.74, 6) is 0.196. The summed E-state index contributed by atoms with van der Waals surface area (Å²) in [6, 6.07) is 24.5. The van der Waals surface area contributed by atoms with E-state index >= 15 is 0 Å². The summed E-state index contributed by atoms with van der Waals surface area (Å²) in [5, 5.41) is 0. The van der Waals surface area contributed by atoms with Crippen LogP contribution in [0, 0.1) is 5.92 Å². The molecule has 1 amide bonds. The highest BCUT2D eigenvalue weighted by Crippen LogP contribution is 2.31. The highest BCUT2D eigenvalue weighted by molar-refractivity contribution is 6.01. The van der Waals surface area contributed by atoms with Crippen molar-refractivity contribution < 1.29 is 23.5 Å². The molecule has 208 valence electrons. The number of fused-ring (bicyclic) bond motifs is 1. The van der Waals surface area contributed by atoms with Crippen molar-refractivity contribution in [2.24, 2.45) is 5.92 Å². The number of hydrogen-bond acceptors (Lipinski definition) is 7. The summed E-state index contributed by atoms with van der Waals surface area (Å²) < 4.78 is 16.9. The molecule has 40 heavy (non-hydrogen) atoms. The molecule has 0 spiro atoms. The van der Waals surface area contributed by atoms with Crippen LogP contribution in [0.3, 0.4) is 0 Å². The van der Waals surface area contributed by atoms with Gasteiger partial charge in [-0.15, -0.1) is 0 Å². The summed E-state index contributed by atoms with van der Waals surface area (Å²) in [5.41, 5.74) is 3.19. The number of rotatable bonds is 11. The van der Waals surface area contributed by atoms with Crippen LogP contribution in [-0.2, 0) is 20.7 Å². The van der Waals surface area contributed by atoms with E-state index in [1.807, 2.05) is 90.8 Å². The molecule has 1 fully saturated rings. The molecule has 0 N–H and O–H groups in total. The first kappa shape index (κ1) is 27.2. The predicted octanol–water partition coefficient (Wildman–Crippen LogP) is 5.65. The monoisotopic (exact) mass is 541 g/mol. The SMILES string of the molecule is COC(=O)C(Cc1ccc(OCCN(C)c2nc3ccccc3o2)cc1)N(C(=O)C1CCCC1)c1ccccc1. The number of likely N-dealkylation sites (N-methyl/N-ethyl adjacent to an activating group) is 1. The van der Waals surface area contributed by atoms with E-state index in [9.17, 15) is 9.59 Å². The highest BCUT2D eigenvalue weighted by Gasteiger charge is 2.36. The molecule has 1 saturated carbocycles. The molecule has 0 aliphatic heterocycles. The van der Waals surface area contributed by atoms with Crippen molar-refractivity contribution in [2.45, 2.75) is 38.1 Å². The minimum atomic E-state index is -0.766. The topological polar surface area (TPSA) is 85.1 Å². The molecule has 1 unspecified atom stereocenters. The van der Waals surface area contributed by atoms with E-state index in [2.05, 4.69) is 4.98 Å². The van der Waals surface area contributed by atoms with Crippen LogP contribution in [0.5, 0.6) is 5.75 Å². The number of anilines is 2. The molecule has 3 aromatic carbocycles. The second kappa shape index (κ2) is 12.7. The van der Waals surface area contributed by atoms with Crippen LogP contribution in [0.1, 0.15) is 31.2 Å². The van der Waals surface area contributed by atoms with Gasteiger partial charge in [-0.3, -0.25) is 9.69 Å². The van der Waals surface area contributed by atoms with Gasteiger partial charge in [0.1, 0.15) is 23.9 Å². The van der Waals surface area contributed by atoms with Gasteiger partial charge in [0.2, 0.25) is 5.91 Å². The van der Waals surface area contributed by atoms with Crippen LogP contribution in [0.2, 0.25) is 0 Å². The number of para-hydroxylation sites is 3. The summed E-state index contributed by atoms with van der Waals surface area (Å²) in [6.45, 7) is 1.03. The fourth-order valence-corrected chi connectivity index (χ4v) is 5.20. The molecule has 0 saturated heterocycles. The summed E-state index contributed by atoms with van der Waals surface area (Å²) in [4.78, 5) is 34.8. The minimum absolute atomic E-state index is 0.0119. The van der Waals surface area contributed by atoms with Gasteiger partial charge in [-0.2, -0.15) is 4.98 Å². The number of hydrogen-bond donors (Lipinski definition) is 0. The van der Waals surface area contributed by atoms with Gasteiger partial charge in [-0.1, -0.05) is 55.3 Å². The number of methoxy groups -OCH3 is 1. The van der Waals surface area contributed by atoms with Crippen molar-refractivity contribution >= 4 is 34.7 Å². The van der Waals surface area contributed by atoms with Gasteiger partial charge in [0.15, 0.2) is 5.58 Å². The van der Waals surface area contributed by atoms with E-state index < -0.39 is 12.0 Å². The van der Waals surface area contributed by atoms with Gasteiger partial charge >= 0.3 is 5.97 Å². The van der Waals surface area contributed by atoms with E-state index in [-0.39, 0.29) is 11.8 Å². The van der Waals surface area contributed by atoms with Gasteiger partial charge in [0.25, 0.3) is 6.01 Å². The smallest absolute Gasteiger partial charge is 0.329 e. The summed E-state index contributed by atoms with van der Waals surface area (Å²) in [7, 11) is 3.28. The third-order valence-electron chi connectivity index (χ3n) is 7.42. The number of aromatic nitrogens is 1. The highest BCUT2D eigenvalue weighted by atomic mass is 16.5. The first-order valence-corrected chi connectivity index (χ1v) is 13.8. The standard InChI is InChI=1S/C32H35N3O5/c1-34(32-33-27-14-8-9-15-29(27)40-32)20-21-39-26-18-16-23(17-19-26)22-28(31(37)38-2)35(25-12-4-3-5-13-25)30(36)24-10-6-7-11-24/h3-5,8-9,12-19,24,28H,6-7,10-11,20-22H2,1-2H3. The lowest BCUT2D eigenvalue weighted by atomic mass is 9.99. The molecule has 5 rings (SSSR count). The van der Waals surface area contributed by atoms with Gasteiger partial charge in [0.05, 0.1) is 13.7 Å². The Labute approximate surface area is 234 Å². The Balaban J connectivity index is 1.24. The fourth-order valence-electron chi connectivity index (χ4n) is 5.20. The Bertz CT molecular complexity index is 1380. The molecule has 0 radical (unpaired) electrons. The normalized spacial score (nSPS) is 14.2. The van der Waals surface area contributed by atoms with E-state index in [1.165, 1.54) is 7.11 Å². The number of benzene rings is 3. The zero-order chi connectivity index (χ0) is 27.9. The van der Waals surface area contributed by atoms with Gasteiger partial charge < -0.3 is 18.8 Å². The quantitative estimate of drug-likeness (QED) is 0.227. The zero-order valence-corrected chi connectivity index (χ0v) is 23.0. The molecule has 1 atom stereocenters. The van der Waals surface area contributed by atoms with Crippen LogP contribution in [-0.4, -0.2) is 50.2 Å². The number of esters is 1. The van der Waals surface area contributed by atoms with E-state index in [1.54, 1.807) is 4.90 Å². The third-order valence-corrected chi connectivity index (χ3v) is 7.42. The van der Waals surface area contributed by atoms with Crippen molar-refractivity contribution in [1.29, 1.82) is 0 Å². The van der Waals surface area contributed by atoms with Gasteiger partial charge in [-0.25, -0.2) is 4.79 Å². The Morgan fingerprint density at radius 1 is 0.975 bits per heavy atom. The van der Waals surface area contributed by atoms with Crippen LogP contribution in [0.15, 0.2) is 83.3 Å². The van der Waals surface area contributed by atoms with Crippen molar-refractivity contribution in [3.8, 4) is 5.75 Å². The summed E-state index contributed by atoms with van der Waals surface area (Å²) >= 11 is 0. The number of amides is 1. The van der Waals surface area contributed by atoms with Crippen molar-refractivity contribution in [2.75, 3.05) is 37.1 Å². The van der Waals surface area contributed by atoms with Gasteiger partial charge in [-0.05, 0) is 54.8 Å². The Hall–Kier alpha value is -4.33. The summed E-state index contributed by atoms with van der Waals surface area (Å²) in [6.07, 6.45) is 4.11. The van der Waals surface area contributed by atoms with Crippen LogP contribution >= 0.6 is 0 Å². The van der Waals surface area contributed by atoms with E-state index in [0.29, 0.717) is 37.0 Å². The first-order valence-electron chi connectivity index (χ1n) is 13.8. The fraction of sp³-hybridized carbons (Fsp3) is 0.344. The Morgan fingerprint density at radius 2 is 1.68 bits per heavy atom. The first-order chi connectivity index (χ1) is 19.5. The number of carbonyl (C=O) groups excluding carboxylic acids is 2. The lowest BCUT2D eigenvalue weighted by molar-refractivity contribution is -0.143. The molecule has 1 heterocycles. The van der Waals surface area contributed by atoms with Crippen molar-refractivity contribution in [3.63, 3.8) is 0 Å². The molecule has 1 aliphatic rings. The molecule has 1 aliphatic carbocycles. The van der Waals surface area contributed by atoms with Crippen LogP contribution < -0.4 is 14.5 Å². The van der Waals surface area contributed by atoms with E-state index in [0.717, 1.165) is 42.3 Å². The Morgan fingerprint density at radius 3 is 2.38 bits per heavy atom. The zero-order valence-electron chi connectivity index (χ0n) is 23.0. The number of ether oxygens (including phenoxy) is 2. The van der Waals surface area contributed by atoms with Crippen LogP contribution in [0.25, 0.3) is 11.1 Å².